The van der Waals surface area contributed by atoms with E-state index in [-0.39, 0.29) is 12.6 Å². The molecule has 3 rings (SSSR count). The average molecular weight is 338 g/mol. The quantitative estimate of drug-likeness (QED) is 0.827. The number of fused-ring (bicyclic) bond motifs is 2. The maximum absolute atomic E-state index is 13.1. The highest BCUT2D eigenvalue weighted by atomic mass is 32.2. The van der Waals surface area contributed by atoms with Crippen molar-refractivity contribution in [2.24, 2.45) is 5.92 Å². The first-order valence-electron chi connectivity index (χ1n) is 8.49. The number of piperidine rings is 1. The van der Waals surface area contributed by atoms with E-state index in [1.807, 2.05) is 37.3 Å². The summed E-state index contributed by atoms with van der Waals surface area (Å²) in [6.07, 6.45) is 3.03. The molecule has 5 nitrogen and oxygen atoms in total. The Hall–Kier alpha value is -0.950. The average Bonchev–Trinajstić information content (AvgIpc) is 3.18. The summed E-state index contributed by atoms with van der Waals surface area (Å²) in [6.45, 7) is 2.98. The molecule has 23 heavy (non-hydrogen) atoms. The second kappa shape index (κ2) is 6.89. The van der Waals surface area contributed by atoms with E-state index in [0.717, 1.165) is 24.8 Å². The Morgan fingerprint density at radius 1 is 1.30 bits per heavy atom. The van der Waals surface area contributed by atoms with Crippen molar-refractivity contribution in [2.45, 2.75) is 51.3 Å². The fraction of sp³-hybridized carbons (Fsp3) is 0.647. The second-order valence-corrected chi connectivity index (χ2v) is 8.63. The van der Waals surface area contributed by atoms with Crippen molar-refractivity contribution in [1.82, 2.24) is 8.61 Å². The largest absolute Gasteiger partial charge is 0.392 e. The molecule has 6 heteroatoms. The minimum atomic E-state index is -3.53. The molecule has 3 unspecified atom stereocenters. The first-order chi connectivity index (χ1) is 11.0. The van der Waals surface area contributed by atoms with E-state index in [1.54, 1.807) is 4.31 Å². The summed E-state index contributed by atoms with van der Waals surface area (Å²) in [5, 5.41) is 10.0. The van der Waals surface area contributed by atoms with E-state index in [0.29, 0.717) is 25.4 Å². The van der Waals surface area contributed by atoms with Gasteiger partial charge in [0.2, 0.25) is 0 Å². The third-order valence-corrected chi connectivity index (χ3v) is 7.04. The molecule has 0 aromatic heterocycles. The molecular formula is C17H26N2O3S. The van der Waals surface area contributed by atoms with Gasteiger partial charge in [0.1, 0.15) is 0 Å². The molecule has 1 aromatic carbocycles. The number of benzene rings is 1. The molecule has 2 fully saturated rings. The third-order valence-electron chi connectivity index (χ3n) is 5.07. The first-order valence-corrected chi connectivity index (χ1v) is 9.89. The summed E-state index contributed by atoms with van der Waals surface area (Å²) < 4.78 is 29.4. The van der Waals surface area contributed by atoms with Crippen LogP contribution in [-0.2, 0) is 16.8 Å². The molecule has 2 aliphatic rings. The van der Waals surface area contributed by atoms with Crippen LogP contribution in [0.3, 0.4) is 0 Å². The van der Waals surface area contributed by atoms with Crippen molar-refractivity contribution in [3.05, 3.63) is 35.9 Å². The second-order valence-electron chi connectivity index (χ2n) is 6.75. The maximum Gasteiger partial charge on any atom is 0.282 e. The predicted octanol–water partition coefficient (Wildman–Crippen LogP) is 1.99. The van der Waals surface area contributed by atoms with E-state index in [1.165, 1.54) is 4.31 Å². The number of aliphatic hydroxyl groups is 1. The molecule has 1 heterocycles. The summed E-state index contributed by atoms with van der Waals surface area (Å²) in [7, 11) is -3.53. The van der Waals surface area contributed by atoms with E-state index in [4.69, 9.17) is 0 Å². The zero-order valence-corrected chi connectivity index (χ0v) is 14.5. The number of nitrogens with zero attached hydrogens (tertiary/aromatic N) is 2. The molecule has 1 saturated heterocycles. The highest BCUT2D eigenvalue weighted by Gasteiger charge is 2.45. The Kier molecular flexibility index (Phi) is 5.06. The molecule has 0 amide bonds. The molecule has 0 radical (unpaired) electrons. The van der Waals surface area contributed by atoms with Crippen LogP contribution in [-0.4, -0.2) is 47.4 Å². The van der Waals surface area contributed by atoms with Crippen molar-refractivity contribution in [3.63, 3.8) is 0 Å². The molecule has 128 valence electrons. The van der Waals surface area contributed by atoms with Gasteiger partial charge in [-0.15, -0.1) is 0 Å². The van der Waals surface area contributed by atoms with Gasteiger partial charge in [0.15, 0.2) is 0 Å². The monoisotopic (exact) mass is 338 g/mol. The summed E-state index contributed by atoms with van der Waals surface area (Å²) in [6, 6.07) is 9.75. The summed E-state index contributed by atoms with van der Waals surface area (Å²) in [5.74, 6) is 0.518. The SMILES string of the molecule is CCC(O)CN(Cc1ccccc1)S(=O)(=O)N1CC2CCC1C2. The molecule has 1 N–H and O–H groups in total. The van der Waals surface area contributed by atoms with Crippen LogP contribution in [0.2, 0.25) is 0 Å². The highest BCUT2D eigenvalue weighted by Crippen LogP contribution is 2.39. The molecule has 1 saturated carbocycles. The number of rotatable bonds is 7. The van der Waals surface area contributed by atoms with Gasteiger partial charge in [0.05, 0.1) is 6.10 Å². The van der Waals surface area contributed by atoms with Crippen LogP contribution >= 0.6 is 0 Å². The molecular weight excluding hydrogens is 312 g/mol. The van der Waals surface area contributed by atoms with Gasteiger partial charge in [0, 0.05) is 25.7 Å². The van der Waals surface area contributed by atoms with Crippen molar-refractivity contribution in [1.29, 1.82) is 0 Å². The summed E-state index contributed by atoms with van der Waals surface area (Å²) >= 11 is 0. The van der Waals surface area contributed by atoms with Gasteiger partial charge >= 0.3 is 0 Å². The minimum Gasteiger partial charge on any atom is -0.392 e. The van der Waals surface area contributed by atoms with Gasteiger partial charge in [-0.05, 0) is 37.2 Å². The standard InChI is InChI=1S/C17H26N2O3S/c1-2-17(20)13-18(11-14-6-4-3-5-7-14)23(21,22)19-12-15-8-9-16(19)10-15/h3-7,15-17,20H,2,8-13H2,1H3. The van der Waals surface area contributed by atoms with Crippen molar-refractivity contribution in [2.75, 3.05) is 13.1 Å². The smallest absolute Gasteiger partial charge is 0.282 e. The molecule has 0 spiro atoms. The number of hydrogen-bond acceptors (Lipinski definition) is 3. The maximum atomic E-state index is 13.1. The highest BCUT2D eigenvalue weighted by molar-refractivity contribution is 7.86. The van der Waals surface area contributed by atoms with Gasteiger partial charge < -0.3 is 5.11 Å². The van der Waals surface area contributed by atoms with Crippen LogP contribution in [0.5, 0.6) is 0 Å². The Morgan fingerprint density at radius 2 is 2.04 bits per heavy atom. The fourth-order valence-corrected chi connectivity index (χ4v) is 5.64. The molecule has 2 bridgehead atoms. The minimum absolute atomic E-state index is 0.154. The van der Waals surface area contributed by atoms with Gasteiger partial charge in [-0.1, -0.05) is 37.3 Å². The van der Waals surface area contributed by atoms with Gasteiger partial charge in [-0.25, -0.2) is 0 Å². The molecule has 1 aromatic rings. The Morgan fingerprint density at radius 3 is 2.61 bits per heavy atom. The lowest BCUT2D eigenvalue weighted by atomic mass is 10.1. The predicted molar refractivity (Wildman–Crippen MR) is 89.9 cm³/mol. The Bertz CT molecular complexity index is 620. The summed E-state index contributed by atoms with van der Waals surface area (Å²) in [4.78, 5) is 0. The Balaban J connectivity index is 1.81. The lowest BCUT2D eigenvalue weighted by Gasteiger charge is -2.33. The van der Waals surface area contributed by atoms with Gasteiger partial charge in [0.25, 0.3) is 10.2 Å². The van der Waals surface area contributed by atoms with Gasteiger partial charge in [-0.2, -0.15) is 17.0 Å². The zero-order valence-electron chi connectivity index (χ0n) is 13.6. The molecule has 1 aliphatic heterocycles. The van der Waals surface area contributed by atoms with Crippen LogP contribution in [0.1, 0.15) is 38.2 Å². The van der Waals surface area contributed by atoms with Crippen LogP contribution in [0, 0.1) is 5.92 Å². The molecule has 1 aliphatic carbocycles. The normalized spacial score (nSPS) is 26.0. The number of hydrogen-bond donors (Lipinski definition) is 1. The van der Waals surface area contributed by atoms with E-state index < -0.39 is 16.3 Å². The van der Waals surface area contributed by atoms with Crippen molar-refractivity contribution in [3.8, 4) is 0 Å². The Labute approximate surface area is 139 Å². The van der Waals surface area contributed by atoms with Crippen molar-refractivity contribution >= 4 is 10.2 Å². The van der Waals surface area contributed by atoms with Gasteiger partial charge in [-0.3, -0.25) is 0 Å². The van der Waals surface area contributed by atoms with Crippen LogP contribution in [0.15, 0.2) is 30.3 Å². The van der Waals surface area contributed by atoms with Crippen LogP contribution in [0.25, 0.3) is 0 Å². The lowest BCUT2D eigenvalue weighted by molar-refractivity contribution is 0.135. The third kappa shape index (κ3) is 3.60. The fourth-order valence-electron chi connectivity index (χ4n) is 3.70. The van der Waals surface area contributed by atoms with E-state index >= 15 is 0 Å². The van der Waals surface area contributed by atoms with E-state index in [2.05, 4.69) is 0 Å². The molecule has 3 atom stereocenters. The summed E-state index contributed by atoms with van der Waals surface area (Å²) in [5.41, 5.74) is 0.948. The van der Waals surface area contributed by atoms with Crippen LogP contribution in [0.4, 0.5) is 0 Å². The van der Waals surface area contributed by atoms with Crippen LogP contribution < -0.4 is 0 Å². The zero-order chi connectivity index (χ0) is 16.4. The topological polar surface area (TPSA) is 60.9 Å². The number of aliphatic hydroxyl groups excluding tert-OH is 1. The first kappa shape index (κ1) is 16.9. The lowest BCUT2D eigenvalue weighted by Crippen LogP contribution is -2.48. The van der Waals surface area contributed by atoms with Crippen molar-refractivity contribution < 1.29 is 13.5 Å². The van der Waals surface area contributed by atoms with E-state index in [9.17, 15) is 13.5 Å².